The van der Waals surface area contributed by atoms with Crippen LogP contribution in [0.1, 0.15) is 29.4 Å². The van der Waals surface area contributed by atoms with E-state index in [2.05, 4.69) is 27.1 Å². The van der Waals surface area contributed by atoms with Crippen molar-refractivity contribution < 1.29 is 4.79 Å². The maximum absolute atomic E-state index is 12.6. The van der Waals surface area contributed by atoms with Gasteiger partial charge in [-0.15, -0.1) is 11.3 Å². The minimum absolute atomic E-state index is 0.0568. The van der Waals surface area contributed by atoms with Gasteiger partial charge in [0.2, 0.25) is 0 Å². The Bertz CT molecular complexity index is 656. The summed E-state index contributed by atoms with van der Waals surface area (Å²) in [5.41, 5.74) is 0.959. The van der Waals surface area contributed by atoms with Gasteiger partial charge in [0.15, 0.2) is 0 Å². The first kappa shape index (κ1) is 14.0. The van der Waals surface area contributed by atoms with Crippen molar-refractivity contribution in [2.75, 3.05) is 13.1 Å². The molecule has 22 heavy (non-hydrogen) atoms. The molecule has 2 N–H and O–H groups in total. The maximum atomic E-state index is 12.6. The number of hydrogen-bond acceptors (Lipinski definition) is 4. The molecule has 0 spiro atoms. The van der Waals surface area contributed by atoms with Crippen molar-refractivity contribution in [3.8, 4) is 10.6 Å². The van der Waals surface area contributed by atoms with Crippen LogP contribution in [0.3, 0.4) is 0 Å². The molecule has 1 amide bonds. The second-order valence-corrected chi connectivity index (χ2v) is 7.33. The SMILES string of the molecule is CC1C(NC(=O)c2ccc(-c3cnc[nH]3)s2)C2CCN1CC2. The summed E-state index contributed by atoms with van der Waals surface area (Å²) in [6.07, 6.45) is 5.85. The molecule has 5 nitrogen and oxygen atoms in total. The highest BCUT2D eigenvalue weighted by molar-refractivity contribution is 7.17. The van der Waals surface area contributed by atoms with Gasteiger partial charge in [0.05, 0.1) is 28.0 Å². The van der Waals surface area contributed by atoms with Crippen molar-refractivity contribution in [3.63, 3.8) is 0 Å². The average Bonchev–Trinajstić information content (AvgIpc) is 3.21. The van der Waals surface area contributed by atoms with Crippen molar-refractivity contribution in [1.82, 2.24) is 20.2 Å². The van der Waals surface area contributed by atoms with Crippen LogP contribution in [-0.4, -0.2) is 45.9 Å². The van der Waals surface area contributed by atoms with Crippen LogP contribution in [0.15, 0.2) is 24.7 Å². The highest BCUT2D eigenvalue weighted by Gasteiger charge is 2.40. The summed E-state index contributed by atoms with van der Waals surface area (Å²) in [6, 6.07) is 4.62. The van der Waals surface area contributed by atoms with Gasteiger partial charge in [-0.25, -0.2) is 4.98 Å². The summed E-state index contributed by atoms with van der Waals surface area (Å²) in [5, 5.41) is 3.28. The van der Waals surface area contributed by atoms with Crippen molar-refractivity contribution in [1.29, 1.82) is 0 Å². The van der Waals surface area contributed by atoms with Crippen molar-refractivity contribution in [2.45, 2.75) is 31.8 Å². The third kappa shape index (κ3) is 2.36. The predicted molar refractivity (Wildman–Crippen MR) is 86.9 cm³/mol. The van der Waals surface area contributed by atoms with Gasteiger partial charge < -0.3 is 10.3 Å². The van der Waals surface area contributed by atoms with E-state index in [4.69, 9.17) is 0 Å². The standard InChI is InChI=1S/C16H20N4OS/c1-10-15(11-4-6-20(10)7-5-11)19-16(21)14-3-2-13(22-14)12-8-17-9-18-12/h2-3,8-11,15H,4-7H2,1H3,(H,17,18)(H,19,21). The number of thiophene rings is 1. The molecule has 0 aliphatic carbocycles. The molecule has 0 saturated carbocycles. The Morgan fingerprint density at radius 1 is 1.41 bits per heavy atom. The molecule has 2 atom stereocenters. The van der Waals surface area contributed by atoms with E-state index in [1.165, 1.54) is 37.3 Å². The molecule has 116 valence electrons. The summed E-state index contributed by atoms with van der Waals surface area (Å²) in [4.78, 5) is 24.0. The minimum atomic E-state index is 0.0568. The number of H-pyrrole nitrogens is 1. The molecule has 0 aromatic carbocycles. The van der Waals surface area contributed by atoms with Crippen molar-refractivity contribution in [2.24, 2.45) is 5.92 Å². The third-order valence-corrected chi connectivity index (χ3v) is 6.19. The van der Waals surface area contributed by atoms with E-state index >= 15 is 0 Å². The van der Waals surface area contributed by atoms with E-state index in [0.717, 1.165) is 15.4 Å². The molecular formula is C16H20N4OS. The van der Waals surface area contributed by atoms with Crippen molar-refractivity contribution in [3.05, 3.63) is 29.5 Å². The van der Waals surface area contributed by atoms with Crippen LogP contribution in [0.4, 0.5) is 0 Å². The van der Waals surface area contributed by atoms with Crippen molar-refractivity contribution >= 4 is 17.2 Å². The first-order valence-electron chi connectivity index (χ1n) is 7.86. The molecule has 5 heterocycles. The number of nitrogens with one attached hydrogen (secondary N) is 2. The molecule has 0 radical (unpaired) electrons. The molecule has 3 saturated heterocycles. The van der Waals surface area contributed by atoms with Crippen LogP contribution in [-0.2, 0) is 0 Å². The number of amides is 1. The average molecular weight is 316 g/mol. The van der Waals surface area contributed by atoms with Gasteiger partial charge >= 0.3 is 0 Å². The number of hydrogen-bond donors (Lipinski definition) is 2. The lowest BCUT2D eigenvalue weighted by molar-refractivity contribution is 0.0218. The monoisotopic (exact) mass is 316 g/mol. The quantitative estimate of drug-likeness (QED) is 0.914. The molecule has 2 bridgehead atoms. The number of nitrogens with zero attached hydrogens (tertiary/aromatic N) is 2. The molecule has 3 aliphatic rings. The number of aromatic amines is 1. The number of piperidine rings is 3. The van der Waals surface area contributed by atoms with Gasteiger partial charge in [-0.05, 0) is 50.9 Å². The number of carbonyl (C=O) groups excluding carboxylic acids is 1. The van der Waals surface area contributed by atoms with E-state index in [-0.39, 0.29) is 11.9 Å². The first-order chi connectivity index (χ1) is 10.7. The zero-order valence-electron chi connectivity index (χ0n) is 12.6. The van der Waals surface area contributed by atoms with Crippen LogP contribution in [0.5, 0.6) is 0 Å². The van der Waals surface area contributed by atoms with Gasteiger partial charge in [0.1, 0.15) is 0 Å². The molecule has 2 unspecified atom stereocenters. The first-order valence-corrected chi connectivity index (χ1v) is 8.67. The Kier molecular flexibility index (Phi) is 3.50. The summed E-state index contributed by atoms with van der Waals surface area (Å²) in [6.45, 7) is 4.60. The molecule has 2 aromatic heterocycles. The van der Waals surface area contributed by atoms with E-state index in [1.807, 2.05) is 12.1 Å². The lowest BCUT2D eigenvalue weighted by atomic mass is 9.79. The Hall–Kier alpha value is -1.66. The van der Waals surface area contributed by atoms with Gasteiger partial charge in [-0.3, -0.25) is 9.69 Å². The lowest BCUT2D eigenvalue weighted by Crippen LogP contribution is -2.62. The highest BCUT2D eigenvalue weighted by Crippen LogP contribution is 2.33. The van der Waals surface area contributed by atoms with Crippen LogP contribution in [0.2, 0.25) is 0 Å². The maximum Gasteiger partial charge on any atom is 0.261 e. The molecular weight excluding hydrogens is 296 g/mol. The molecule has 3 fully saturated rings. The zero-order chi connectivity index (χ0) is 15.1. The molecule has 3 aliphatic heterocycles. The normalized spacial score (nSPS) is 30.4. The summed E-state index contributed by atoms with van der Waals surface area (Å²) in [7, 11) is 0. The van der Waals surface area contributed by atoms with Gasteiger partial charge in [0.25, 0.3) is 5.91 Å². The fraction of sp³-hybridized carbons (Fsp3) is 0.500. The Morgan fingerprint density at radius 3 is 2.91 bits per heavy atom. The van der Waals surface area contributed by atoms with Crippen LogP contribution >= 0.6 is 11.3 Å². The summed E-state index contributed by atoms with van der Waals surface area (Å²) >= 11 is 1.51. The highest BCUT2D eigenvalue weighted by atomic mass is 32.1. The second kappa shape index (κ2) is 5.52. The second-order valence-electron chi connectivity index (χ2n) is 6.24. The Balaban J connectivity index is 1.48. The Morgan fingerprint density at radius 2 is 2.23 bits per heavy atom. The number of imidazole rings is 1. The zero-order valence-corrected chi connectivity index (χ0v) is 13.4. The molecule has 2 aromatic rings. The van der Waals surface area contributed by atoms with Gasteiger partial charge in [-0.1, -0.05) is 0 Å². The summed E-state index contributed by atoms with van der Waals surface area (Å²) < 4.78 is 0. The summed E-state index contributed by atoms with van der Waals surface area (Å²) in [5.74, 6) is 0.692. The Labute approximate surface area is 133 Å². The predicted octanol–water partition coefficient (Wildman–Crippen LogP) is 2.35. The number of rotatable bonds is 3. The largest absolute Gasteiger partial charge is 0.347 e. The van der Waals surface area contributed by atoms with E-state index < -0.39 is 0 Å². The minimum Gasteiger partial charge on any atom is -0.347 e. The number of aromatic nitrogens is 2. The number of fused-ring (bicyclic) bond motifs is 3. The molecule has 6 heteroatoms. The number of carbonyl (C=O) groups is 1. The van der Waals surface area contributed by atoms with E-state index in [1.54, 1.807) is 12.5 Å². The third-order valence-electron chi connectivity index (χ3n) is 5.07. The topological polar surface area (TPSA) is 61.0 Å². The van der Waals surface area contributed by atoms with Gasteiger partial charge in [0, 0.05) is 12.1 Å². The van der Waals surface area contributed by atoms with Crippen LogP contribution in [0, 0.1) is 5.92 Å². The molecule has 5 rings (SSSR count). The van der Waals surface area contributed by atoms with Gasteiger partial charge in [-0.2, -0.15) is 0 Å². The smallest absolute Gasteiger partial charge is 0.261 e. The van der Waals surface area contributed by atoms with Crippen LogP contribution < -0.4 is 5.32 Å². The lowest BCUT2D eigenvalue weighted by Gasteiger charge is -2.49. The van der Waals surface area contributed by atoms with E-state index in [9.17, 15) is 4.79 Å². The fourth-order valence-electron chi connectivity index (χ4n) is 3.76. The fourth-order valence-corrected chi connectivity index (χ4v) is 4.65. The van der Waals surface area contributed by atoms with Crippen LogP contribution in [0.25, 0.3) is 10.6 Å². The van der Waals surface area contributed by atoms with E-state index in [0.29, 0.717) is 12.0 Å².